The minimum absolute atomic E-state index is 0.181. The zero-order chi connectivity index (χ0) is 10.3. The first-order valence-corrected chi connectivity index (χ1v) is 3.91. The Kier molecular flexibility index (Phi) is 1.63. The Bertz CT molecular complexity index is 611. The predicted molar refractivity (Wildman–Crippen MR) is 48.5 cm³/mol. The molecule has 72 valence electrons. The van der Waals surface area contributed by atoms with Crippen molar-refractivity contribution >= 4 is 11.2 Å². The highest BCUT2D eigenvalue weighted by Gasteiger charge is 2.06. The summed E-state index contributed by atoms with van der Waals surface area (Å²) in [6, 6.07) is 3.14. The smallest absolute Gasteiger partial charge is 0.349 e. The zero-order valence-electron chi connectivity index (χ0n) is 7.31. The van der Waals surface area contributed by atoms with Gasteiger partial charge in [-0.3, -0.25) is 9.59 Å². The molecule has 0 bridgehead atoms. The molecule has 0 aromatic carbocycles. The van der Waals surface area contributed by atoms with Gasteiger partial charge in [-0.15, -0.1) is 4.73 Å². The monoisotopic (exact) mass is 193 g/mol. The molecule has 0 unspecified atom stereocenters. The maximum Gasteiger partial charge on any atom is 0.349 e. The molecule has 0 atom stereocenters. The van der Waals surface area contributed by atoms with E-state index in [-0.39, 0.29) is 11.2 Å². The molecule has 6 nitrogen and oxygen atoms in total. The van der Waals surface area contributed by atoms with Crippen molar-refractivity contribution in [1.82, 2.24) is 14.7 Å². The average molecular weight is 193 g/mol. The normalized spacial score (nSPS) is 10.6. The number of pyridine rings is 1. The van der Waals surface area contributed by atoms with Crippen molar-refractivity contribution in [2.24, 2.45) is 0 Å². The van der Waals surface area contributed by atoms with Crippen molar-refractivity contribution in [3.8, 4) is 0 Å². The Hall–Kier alpha value is -2.11. The summed E-state index contributed by atoms with van der Waals surface area (Å²) in [6.07, 6.45) is 0. The minimum Gasteiger partial charge on any atom is -0.425 e. The van der Waals surface area contributed by atoms with E-state index in [9.17, 15) is 14.8 Å². The number of hydrogen-bond acceptors (Lipinski definition) is 4. The minimum atomic E-state index is -1.01. The van der Waals surface area contributed by atoms with E-state index in [4.69, 9.17) is 0 Å². The molecule has 0 aliphatic rings. The SMILES string of the molecule is Cc1ccc2c(n1)[nH]c(=O)c(=O)n2O. The van der Waals surface area contributed by atoms with Crippen molar-refractivity contribution in [1.29, 1.82) is 0 Å². The molecule has 0 aliphatic carbocycles. The highest BCUT2D eigenvalue weighted by molar-refractivity contribution is 5.69. The van der Waals surface area contributed by atoms with Crippen LogP contribution in [0.25, 0.3) is 11.2 Å². The molecule has 2 aromatic rings. The molecule has 6 heteroatoms. The van der Waals surface area contributed by atoms with Crippen molar-refractivity contribution in [3.05, 3.63) is 38.5 Å². The molecule has 2 aromatic heterocycles. The molecule has 2 heterocycles. The Labute approximate surface area is 77.4 Å². The summed E-state index contributed by atoms with van der Waals surface area (Å²) in [6.45, 7) is 1.74. The summed E-state index contributed by atoms with van der Waals surface area (Å²) in [7, 11) is 0. The van der Waals surface area contributed by atoms with Crippen LogP contribution in [-0.4, -0.2) is 19.9 Å². The first-order valence-electron chi connectivity index (χ1n) is 3.91. The van der Waals surface area contributed by atoms with E-state index in [1.807, 2.05) is 0 Å². The standard InChI is InChI=1S/C8H7N3O3/c1-4-2-3-5-6(9-4)10-7(12)8(13)11(5)14/h2-3,14H,1H3,(H,9,10,12). The molecule has 14 heavy (non-hydrogen) atoms. The molecule has 0 radical (unpaired) electrons. The third kappa shape index (κ3) is 1.08. The lowest BCUT2D eigenvalue weighted by atomic mass is 10.3. The van der Waals surface area contributed by atoms with Crippen LogP contribution in [0.2, 0.25) is 0 Å². The molecule has 0 saturated carbocycles. The van der Waals surface area contributed by atoms with Crippen LogP contribution in [0.3, 0.4) is 0 Å². The second kappa shape index (κ2) is 2.69. The van der Waals surface area contributed by atoms with Gasteiger partial charge in [0.15, 0.2) is 5.65 Å². The maximum absolute atomic E-state index is 11.0. The van der Waals surface area contributed by atoms with Crippen LogP contribution >= 0.6 is 0 Å². The van der Waals surface area contributed by atoms with Gasteiger partial charge in [0.1, 0.15) is 5.52 Å². The number of fused-ring (bicyclic) bond motifs is 1. The summed E-state index contributed by atoms with van der Waals surface area (Å²) in [5.41, 5.74) is -0.842. The van der Waals surface area contributed by atoms with Crippen LogP contribution in [0.4, 0.5) is 0 Å². The van der Waals surface area contributed by atoms with Gasteiger partial charge in [0.2, 0.25) is 0 Å². The summed E-state index contributed by atoms with van der Waals surface area (Å²) in [5, 5.41) is 9.27. The Morgan fingerprint density at radius 2 is 2.14 bits per heavy atom. The molecular weight excluding hydrogens is 186 g/mol. The topological polar surface area (TPSA) is 88.0 Å². The Morgan fingerprint density at radius 3 is 2.86 bits per heavy atom. The quantitative estimate of drug-likeness (QED) is 0.441. The molecule has 0 aliphatic heterocycles. The summed E-state index contributed by atoms with van der Waals surface area (Å²) in [5.74, 6) is 0. The van der Waals surface area contributed by atoms with Gasteiger partial charge in [-0.1, -0.05) is 0 Å². The fourth-order valence-corrected chi connectivity index (χ4v) is 1.18. The van der Waals surface area contributed by atoms with Gasteiger partial charge in [-0.05, 0) is 19.1 Å². The average Bonchev–Trinajstić information content (AvgIpc) is 2.14. The zero-order valence-corrected chi connectivity index (χ0v) is 7.31. The Balaban J connectivity index is 3.06. The van der Waals surface area contributed by atoms with Crippen LogP contribution < -0.4 is 11.1 Å². The van der Waals surface area contributed by atoms with E-state index in [0.717, 1.165) is 0 Å². The van der Waals surface area contributed by atoms with Gasteiger partial charge in [-0.2, -0.15) is 0 Å². The first-order chi connectivity index (χ1) is 6.59. The third-order valence-corrected chi connectivity index (χ3v) is 1.86. The van der Waals surface area contributed by atoms with E-state index in [1.165, 1.54) is 6.07 Å². The van der Waals surface area contributed by atoms with Crippen molar-refractivity contribution in [2.75, 3.05) is 0 Å². The van der Waals surface area contributed by atoms with E-state index in [1.54, 1.807) is 13.0 Å². The first kappa shape index (κ1) is 8.49. The molecular formula is C8H7N3O3. The molecule has 2 N–H and O–H groups in total. The lowest BCUT2D eigenvalue weighted by Crippen LogP contribution is -2.35. The van der Waals surface area contributed by atoms with Gasteiger partial charge in [0, 0.05) is 5.69 Å². The van der Waals surface area contributed by atoms with E-state index >= 15 is 0 Å². The second-order valence-electron chi connectivity index (χ2n) is 2.89. The molecule has 0 saturated heterocycles. The van der Waals surface area contributed by atoms with Gasteiger partial charge in [-0.25, -0.2) is 4.98 Å². The fraction of sp³-hybridized carbons (Fsp3) is 0.125. The molecule has 2 rings (SSSR count). The van der Waals surface area contributed by atoms with Crippen LogP contribution in [0, 0.1) is 6.92 Å². The highest BCUT2D eigenvalue weighted by atomic mass is 16.5. The highest BCUT2D eigenvalue weighted by Crippen LogP contribution is 2.04. The summed E-state index contributed by atoms with van der Waals surface area (Å²) in [4.78, 5) is 28.2. The van der Waals surface area contributed by atoms with Crippen molar-refractivity contribution < 1.29 is 5.21 Å². The molecule has 0 spiro atoms. The van der Waals surface area contributed by atoms with Gasteiger partial charge in [0.25, 0.3) is 0 Å². The molecule has 0 fully saturated rings. The second-order valence-corrected chi connectivity index (χ2v) is 2.89. The largest absolute Gasteiger partial charge is 0.425 e. The van der Waals surface area contributed by atoms with Crippen molar-refractivity contribution in [3.63, 3.8) is 0 Å². The third-order valence-electron chi connectivity index (χ3n) is 1.86. The van der Waals surface area contributed by atoms with Crippen LogP contribution in [0.5, 0.6) is 0 Å². The Morgan fingerprint density at radius 1 is 1.43 bits per heavy atom. The van der Waals surface area contributed by atoms with Crippen LogP contribution in [-0.2, 0) is 0 Å². The maximum atomic E-state index is 11.0. The summed E-state index contributed by atoms with van der Waals surface area (Å²) >= 11 is 0. The summed E-state index contributed by atoms with van der Waals surface area (Å²) < 4.78 is 0.292. The van der Waals surface area contributed by atoms with Gasteiger partial charge in [0.05, 0.1) is 0 Å². The number of aromatic amines is 1. The van der Waals surface area contributed by atoms with E-state index < -0.39 is 11.1 Å². The lowest BCUT2D eigenvalue weighted by Gasteiger charge is -2.01. The van der Waals surface area contributed by atoms with Gasteiger partial charge >= 0.3 is 11.1 Å². The van der Waals surface area contributed by atoms with Crippen LogP contribution in [0.1, 0.15) is 5.69 Å². The van der Waals surface area contributed by atoms with Crippen molar-refractivity contribution in [2.45, 2.75) is 6.92 Å². The van der Waals surface area contributed by atoms with E-state index in [2.05, 4.69) is 9.97 Å². The van der Waals surface area contributed by atoms with E-state index in [0.29, 0.717) is 10.4 Å². The number of nitrogens with zero attached hydrogens (tertiary/aromatic N) is 2. The predicted octanol–water partition coefficient (Wildman–Crippen LogP) is -0.369. The number of aromatic nitrogens is 3. The van der Waals surface area contributed by atoms with Crippen LogP contribution in [0.15, 0.2) is 21.7 Å². The molecule has 0 amide bonds. The number of hydrogen-bond donors (Lipinski definition) is 2. The van der Waals surface area contributed by atoms with Gasteiger partial charge < -0.3 is 10.2 Å². The number of rotatable bonds is 0. The number of aryl methyl sites for hydroxylation is 1. The fourth-order valence-electron chi connectivity index (χ4n) is 1.18. The number of nitrogens with one attached hydrogen (secondary N) is 1. The number of H-pyrrole nitrogens is 1. The lowest BCUT2D eigenvalue weighted by molar-refractivity contribution is 0.186.